The molecule has 0 radical (unpaired) electrons. The molecule has 54 heavy (non-hydrogen) atoms. The molecule has 1 N–H and O–H groups in total. The van der Waals surface area contributed by atoms with Crippen LogP contribution in [-0.2, 0) is 28.6 Å². The first-order valence-electron chi connectivity index (χ1n) is 22.7. The summed E-state index contributed by atoms with van der Waals surface area (Å²) in [4.78, 5) is 37.0. The van der Waals surface area contributed by atoms with Gasteiger partial charge in [-0.25, -0.2) is 4.79 Å². The van der Waals surface area contributed by atoms with Gasteiger partial charge in [0.25, 0.3) is 0 Å². The second-order valence-corrected chi connectivity index (χ2v) is 16.7. The second kappa shape index (κ2) is 38.0. The first kappa shape index (κ1) is 52.1. The van der Waals surface area contributed by atoms with Crippen LogP contribution >= 0.6 is 0 Å². The number of esters is 2. The predicted molar refractivity (Wildman–Crippen MR) is 225 cm³/mol. The third-order valence-electron chi connectivity index (χ3n) is 10.4. The van der Waals surface area contributed by atoms with Crippen molar-refractivity contribution >= 4 is 17.9 Å². The third kappa shape index (κ3) is 35.8. The van der Waals surface area contributed by atoms with E-state index in [1.165, 1.54) is 141 Å². The maximum absolute atomic E-state index is 12.7. The molecular formula is C46H88NO7+. The predicted octanol–water partition coefficient (Wildman–Crippen LogP) is 12.3. The number of hydrogen-bond acceptors (Lipinski definition) is 6. The van der Waals surface area contributed by atoms with Crippen molar-refractivity contribution in [1.29, 1.82) is 0 Å². The molecule has 0 bridgehead atoms. The van der Waals surface area contributed by atoms with Gasteiger partial charge in [-0.3, -0.25) is 9.59 Å². The lowest BCUT2D eigenvalue weighted by Crippen LogP contribution is -2.50. The van der Waals surface area contributed by atoms with Gasteiger partial charge in [0, 0.05) is 19.3 Å². The lowest BCUT2D eigenvalue weighted by atomic mass is 10.0. The standard InChI is InChI=1S/C46H87NO7/c1-6-8-10-12-14-16-18-20-21-22-23-25-26-28-30-32-34-36-44(48)53-41-42(40-52-39-38-43(46(50)51)47(3,4)5)54-45(49)37-35-33-31-29-27-24-19-17-15-13-11-9-7-2/h20-21,42-43H,6-19,22-41H2,1-5H3/p+1/b21-20+. The number of carboxylic acid groups (broad SMARTS) is 1. The molecule has 0 aliphatic heterocycles. The van der Waals surface area contributed by atoms with Gasteiger partial charge in [-0.2, -0.15) is 0 Å². The average molecular weight is 767 g/mol. The highest BCUT2D eigenvalue weighted by molar-refractivity contribution is 5.72. The van der Waals surface area contributed by atoms with E-state index >= 15 is 0 Å². The van der Waals surface area contributed by atoms with E-state index in [-0.39, 0.29) is 36.2 Å². The maximum atomic E-state index is 12.7. The van der Waals surface area contributed by atoms with Gasteiger partial charge in [-0.1, -0.05) is 167 Å². The minimum Gasteiger partial charge on any atom is -0.477 e. The number of nitrogens with zero attached hydrogens (tertiary/aromatic N) is 1. The largest absolute Gasteiger partial charge is 0.477 e. The summed E-state index contributed by atoms with van der Waals surface area (Å²) in [5, 5.41) is 9.61. The molecule has 2 unspecified atom stereocenters. The quantitative estimate of drug-likeness (QED) is 0.0286. The normalized spacial score (nSPS) is 13.0. The molecule has 0 saturated heterocycles. The zero-order chi connectivity index (χ0) is 40.0. The number of quaternary nitrogens is 1. The number of likely N-dealkylation sites (N-methyl/N-ethyl adjacent to an activating group) is 1. The van der Waals surface area contributed by atoms with E-state index < -0.39 is 18.1 Å². The van der Waals surface area contributed by atoms with Crippen molar-refractivity contribution in [2.75, 3.05) is 41.0 Å². The second-order valence-electron chi connectivity index (χ2n) is 16.7. The van der Waals surface area contributed by atoms with Gasteiger partial charge in [0.2, 0.25) is 0 Å². The molecule has 0 aromatic rings. The summed E-state index contributed by atoms with van der Waals surface area (Å²) in [5.41, 5.74) is 0. The summed E-state index contributed by atoms with van der Waals surface area (Å²) in [6, 6.07) is -0.610. The van der Waals surface area contributed by atoms with E-state index in [1.54, 1.807) is 0 Å². The van der Waals surface area contributed by atoms with Crippen molar-refractivity contribution in [3.63, 3.8) is 0 Å². The molecule has 0 rings (SSSR count). The van der Waals surface area contributed by atoms with E-state index in [0.29, 0.717) is 19.3 Å². The number of allylic oxidation sites excluding steroid dienone is 2. The van der Waals surface area contributed by atoms with E-state index in [1.807, 2.05) is 21.1 Å². The Morgan fingerprint density at radius 3 is 1.33 bits per heavy atom. The Hall–Kier alpha value is -1.93. The first-order chi connectivity index (χ1) is 26.1. The van der Waals surface area contributed by atoms with Gasteiger partial charge in [0.1, 0.15) is 6.61 Å². The Kier molecular flexibility index (Phi) is 36.6. The van der Waals surface area contributed by atoms with Crippen molar-refractivity contribution in [3.8, 4) is 0 Å². The summed E-state index contributed by atoms with van der Waals surface area (Å²) in [5.74, 6) is -1.46. The van der Waals surface area contributed by atoms with E-state index in [9.17, 15) is 19.5 Å². The fraction of sp³-hybridized carbons (Fsp3) is 0.891. The van der Waals surface area contributed by atoms with E-state index in [0.717, 1.165) is 38.5 Å². The smallest absolute Gasteiger partial charge is 0.362 e. The summed E-state index contributed by atoms with van der Waals surface area (Å²) >= 11 is 0. The van der Waals surface area contributed by atoms with Crippen molar-refractivity contribution in [3.05, 3.63) is 12.2 Å². The van der Waals surface area contributed by atoms with Crippen LogP contribution in [0.1, 0.15) is 213 Å². The number of rotatable bonds is 41. The van der Waals surface area contributed by atoms with E-state index in [2.05, 4.69) is 26.0 Å². The molecule has 318 valence electrons. The number of unbranched alkanes of at least 4 members (excludes halogenated alkanes) is 25. The number of ether oxygens (including phenoxy) is 3. The monoisotopic (exact) mass is 767 g/mol. The Morgan fingerprint density at radius 2 is 0.926 bits per heavy atom. The summed E-state index contributed by atoms with van der Waals surface area (Å²) in [6.07, 6.45) is 39.6. The zero-order valence-corrected chi connectivity index (χ0v) is 36.2. The zero-order valence-electron chi connectivity index (χ0n) is 36.2. The van der Waals surface area contributed by atoms with Crippen molar-refractivity contribution in [1.82, 2.24) is 0 Å². The SMILES string of the molecule is CCCCCCCC/C=C/CCCCCCCCCC(=O)OCC(COCCC(C(=O)O)[N+](C)(C)C)OC(=O)CCCCCCCCCCCCCCC. The molecular weight excluding hydrogens is 679 g/mol. The minimum atomic E-state index is -0.873. The van der Waals surface area contributed by atoms with Crippen molar-refractivity contribution in [2.45, 2.75) is 225 Å². The van der Waals surface area contributed by atoms with Crippen LogP contribution in [0.5, 0.6) is 0 Å². The molecule has 2 atom stereocenters. The molecule has 0 fully saturated rings. The number of carboxylic acids is 1. The van der Waals surface area contributed by atoms with Crippen molar-refractivity contribution < 1.29 is 38.2 Å². The molecule has 8 nitrogen and oxygen atoms in total. The minimum absolute atomic E-state index is 0.0473. The van der Waals surface area contributed by atoms with Crippen molar-refractivity contribution in [2.24, 2.45) is 0 Å². The van der Waals surface area contributed by atoms with Gasteiger partial charge in [-0.05, 0) is 38.5 Å². The van der Waals surface area contributed by atoms with Crippen LogP contribution in [-0.4, -0.2) is 80.6 Å². The molecule has 0 aliphatic carbocycles. The first-order valence-corrected chi connectivity index (χ1v) is 22.7. The highest BCUT2D eigenvalue weighted by atomic mass is 16.6. The molecule has 0 spiro atoms. The number of carbonyl (C=O) groups is 3. The lowest BCUT2D eigenvalue weighted by molar-refractivity contribution is -0.887. The van der Waals surface area contributed by atoms with Crippen LogP contribution in [0.4, 0.5) is 0 Å². The van der Waals surface area contributed by atoms with Crippen LogP contribution < -0.4 is 0 Å². The highest BCUT2D eigenvalue weighted by Gasteiger charge is 2.31. The fourth-order valence-electron chi connectivity index (χ4n) is 6.85. The van der Waals surface area contributed by atoms with E-state index in [4.69, 9.17) is 14.2 Å². The molecule has 0 aliphatic rings. The maximum Gasteiger partial charge on any atom is 0.362 e. The number of aliphatic carboxylic acids is 1. The van der Waals surface area contributed by atoms with Gasteiger partial charge >= 0.3 is 17.9 Å². The molecule has 0 amide bonds. The Morgan fingerprint density at radius 1 is 0.537 bits per heavy atom. The Labute approximate surface area is 333 Å². The molecule has 0 aromatic carbocycles. The molecule has 0 saturated carbocycles. The van der Waals surface area contributed by atoms with Crippen LogP contribution in [0.3, 0.4) is 0 Å². The van der Waals surface area contributed by atoms with Crippen LogP contribution in [0, 0.1) is 0 Å². The Balaban J connectivity index is 4.29. The highest BCUT2D eigenvalue weighted by Crippen LogP contribution is 2.15. The molecule has 0 aromatic heterocycles. The molecule has 0 heterocycles. The van der Waals surface area contributed by atoms with Gasteiger partial charge < -0.3 is 23.8 Å². The number of hydrogen-bond donors (Lipinski definition) is 1. The van der Waals surface area contributed by atoms with Crippen LogP contribution in [0.2, 0.25) is 0 Å². The molecule has 8 heteroatoms. The average Bonchev–Trinajstić information content (AvgIpc) is 3.12. The topological polar surface area (TPSA) is 99.1 Å². The fourth-order valence-corrected chi connectivity index (χ4v) is 6.85. The third-order valence-corrected chi connectivity index (χ3v) is 10.4. The van der Waals surface area contributed by atoms with Gasteiger partial charge in [-0.15, -0.1) is 0 Å². The summed E-state index contributed by atoms with van der Waals surface area (Å²) < 4.78 is 17.3. The van der Waals surface area contributed by atoms with Crippen LogP contribution in [0.25, 0.3) is 0 Å². The van der Waals surface area contributed by atoms with Gasteiger partial charge in [0.05, 0.1) is 34.4 Å². The lowest BCUT2D eigenvalue weighted by Gasteiger charge is -2.31. The van der Waals surface area contributed by atoms with Gasteiger partial charge in [0.15, 0.2) is 12.1 Å². The van der Waals surface area contributed by atoms with Crippen LogP contribution in [0.15, 0.2) is 12.2 Å². The number of carbonyl (C=O) groups excluding carboxylic acids is 2. The summed E-state index contributed by atoms with van der Waals surface area (Å²) in [7, 11) is 5.53. The summed E-state index contributed by atoms with van der Waals surface area (Å²) in [6.45, 7) is 4.75. The Bertz CT molecular complexity index is 900.